The Morgan fingerprint density at radius 2 is 1.81 bits per heavy atom. The van der Waals surface area contributed by atoms with Crippen molar-refractivity contribution in [3.8, 4) is 0 Å². The van der Waals surface area contributed by atoms with Crippen molar-refractivity contribution in [2.24, 2.45) is 0 Å². The number of aromatic nitrogens is 2. The zero-order valence-electron chi connectivity index (χ0n) is 17.5. The third kappa shape index (κ3) is 2.42. The van der Waals surface area contributed by atoms with Gasteiger partial charge >= 0.3 is 0 Å². The number of pyridine rings is 1. The lowest BCUT2D eigenvalue weighted by Crippen LogP contribution is -2.67. The van der Waals surface area contributed by atoms with E-state index < -0.39 is 5.60 Å². The van der Waals surface area contributed by atoms with Gasteiger partial charge in [-0.1, -0.05) is 42.8 Å². The molecule has 1 aromatic carbocycles. The first-order valence-electron chi connectivity index (χ1n) is 11.5. The normalized spacial score (nSPS) is 27.0. The molecule has 3 aliphatic heterocycles. The van der Waals surface area contributed by atoms with Crippen LogP contribution in [0.2, 0.25) is 0 Å². The van der Waals surface area contributed by atoms with E-state index in [4.69, 9.17) is 4.74 Å². The zero-order valence-corrected chi connectivity index (χ0v) is 17.5. The van der Waals surface area contributed by atoms with E-state index in [0.717, 1.165) is 18.7 Å². The Morgan fingerprint density at radius 1 is 0.968 bits per heavy atom. The second kappa shape index (κ2) is 6.33. The number of ether oxygens (including phenoxy) is 1. The summed E-state index contributed by atoms with van der Waals surface area (Å²) in [6, 6.07) is 17.1. The number of benzene rings is 1. The topological polar surface area (TPSA) is 50.1 Å². The summed E-state index contributed by atoms with van der Waals surface area (Å²) in [5, 5.41) is 4.60. The van der Waals surface area contributed by atoms with Gasteiger partial charge < -0.3 is 14.5 Å². The number of carbonyl (C=O) groups is 1. The van der Waals surface area contributed by atoms with Gasteiger partial charge in [0.05, 0.1) is 30.8 Å². The van der Waals surface area contributed by atoms with E-state index in [2.05, 4.69) is 40.3 Å². The fraction of sp³-hybridized carbons (Fsp3) is 0.440. The largest absolute Gasteiger partial charge is 0.349 e. The van der Waals surface area contributed by atoms with Crippen molar-refractivity contribution < 1.29 is 9.53 Å². The number of fused-ring (bicyclic) bond motifs is 2. The van der Waals surface area contributed by atoms with E-state index in [-0.39, 0.29) is 18.2 Å². The summed E-state index contributed by atoms with van der Waals surface area (Å²) in [6.07, 6.45) is 7.54. The monoisotopic (exact) mass is 414 g/mol. The Kier molecular flexibility index (Phi) is 3.63. The van der Waals surface area contributed by atoms with Crippen molar-refractivity contribution >= 4 is 17.2 Å². The number of rotatable bonds is 3. The minimum absolute atomic E-state index is 0.0921. The minimum Gasteiger partial charge on any atom is -0.349 e. The number of nitrogens with zero attached hydrogens (tertiary/aromatic N) is 4. The molecule has 2 atom stereocenters. The highest BCUT2D eigenvalue weighted by atomic mass is 16.6. The summed E-state index contributed by atoms with van der Waals surface area (Å²) in [5.41, 5.74) is 3.11. The molecular formula is C25H26N4O2. The molecule has 1 aliphatic carbocycles. The number of carbonyl (C=O) groups excluding carboxylic acids is 1. The van der Waals surface area contributed by atoms with Crippen molar-refractivity contribution in [2.75, 3.05) is 18.0 Å². The third-order valence-corrected chi connectivity index (χ3v) is 7.83. The number of amides is 1. The Morgan fingerprint density at radius 3 is 2.58 bits per heavy atom. The van der Waals surface area contributed by atoms with Crippen LogP contribution in [0.3, 0.4) is 0 Å². The molecule has 3 aromatic rings. The van der Waals surface area contributed by atoms with Crippen molar-refractivity contribution in [1.29, 1.82) is 0 Å². The second-order valence-electron chi connectivity index (χ2n) is 9.54. The molecule has 6 heteroatoms. The van der Waals surface area contributed by atoms with Gasteiger partial charge in [-0.15, -0.1) is 0 Å². The lowest BCUT2D eigenvalue weighted by molar-refractivity contribution is -0.140. The summed E-state index contributed by atoms with van der Waals surface area (Å²) in [4.78, 5) is 17.8. The predicted molar refractivity (Wildman–Crippen MR) is 117 cm³/mol. The van der Waals surface area contributed by atoms with Crippen LogP contribution in [0.25, 0.3) is 5.52 Å². The van der Waals surface area contributed by atoms with Gasteiger partial charge in [-0.25, -0.2) is 4.52 Å². The quantitative estimate of drug-likeness (QED) is 0.653. The molecule has 0 radical (unpaired) electrons. The van der Waals surface area contributed by atoms with Crippen LogP contribution in [0.4, 0.5) is 5.82 Å². The van der Waals surface area contributed by atoms with E-state index >= 15 is 0 Å². The maximum absolute atomic E-state index is 13.5. The molecule has 4 fully saturated rings. The summed E-state index contributed by atoms with van der Waals surface area (Å²) in [5.74, 6) is 1.87. The van der Waals surface area contributed by atoms with E-state index in [0.29, 0.717) is 19.0 Å². The molecule has 0 N–H and O–H groups in total. The van der Waals surface area contributed by atoms with Crippen molar-refractivity contribution in [3.05, 3.63) is 65.9 Å². The molecule has 0 unspecified atom stereocenters. The second-order valence-corrected chi connectivity index (χ2v) is 9.54. The number of hydrogen-bond donors (Lipinski definition) is 0. The Bertz CT molecular complexity index is 1160. The Balaban J connectivity index is 1.15. The van der Waals surface area contributed by atoms with Gasteiger partial charge in [-0.2, -0.15) is 5.10 Å². The highest BCUT2D eigenvalue weighted by molar-refractivity contribution is 5.91. The average molecular weight is 415 g/mol. The van der Waals surface area contributed by atoms with Gasteiger partial charge in [0, 0.05) is 0 Å². The van der Waals surface area contributed by atoms with Gasteiger partial charge in [0.25, 0.3) is 5.91 Å². The average Bonchev–Trinajstić information content (AvgIpc) is 3.42. The van der Waals surface area contributed by atoms with Crippen LogP contribution in [0, 0.1) is 0 Å². The predicted octanol–water partition coefficient (Wildman–Crippen LogP) is 3.88. The summed E-state index contributed by atoms with van der Waals surface area (Å²) in [7, 11) is 0. The van der Waals surface area contributed by atoms with E-state index in [1.807, 2.05) is 33.8 Å². The first-order chi connectivity index (χ1) is 15.2. The van der Waals surface area contributed by atoms with Gasteiger partial charge in [0.2, 0.25) is 0 Å². The van der Waals surface area contributed by atoms with Crippen molar-refractivity contribution in [3.63, 3.8) is 0 Å². The van der Waals surface area contributed by atoms with Gasteiger partial charge in [-0.05, 0) is 54.9 Å². The molecule has 7 rings (SSSR count). The van der Waals surface area contributed by atoms with Crippen LogP contribution in [-0.2, 0) is 9.53 Å². The third-order valence-electron chi connectivity index (χ3n) is 7.83. The highest BCUT2D eigenvalue weighted by Crippen LogP contribution is 2.48. The maximum atomic E-state index is 13.5. The molecule has 1 amide bonds. The first kappa shape index (κ1) is 17.8. The number of anilines is 1. The standard InChI is InChI=1S/C25H26N4O2/c30-24-25(31-23-12-10-20(28(23)24)18-5-2-1-3-6-18)15-27(16-25)22-11-9-19(17-7-4-8-17)21-13-14-26-29(21)22/h1-3,5-6,9,11,13-14,17,20,23H,4,7-8,10,12,15-16H2/t20-,23+/m0/s1. The van der Waals surface area contributed by atoms with E-state index in [9.17, 15) is 4.79 Å². The molecule has 2 aromatic heterocycles. The van der Waals surface area contributed by atoms with Crippen LogP contribution < -0.4 is 4.90 Å². The highest BCUT2D eigenvalue weighted by Gasteiger charge is 2.63. The minimum atomic E-state index is -0.704. The van der Waals surface area contributed by atoms with Gasteiger partial charge in [0.15, 0.2) is 5.60 Å². The molecule has 3 saturated heterocycles. The molecule has 1 spiro atoms. The van der Waals surface area contributed by atoms with Crippen LogP contribution in [0.1, 0.15) is 55.2 Å². The lowest BCUT2D eigenvalue weighted by Gasteiger charge is -2.46. The fourth-order valence-corrected chi connectivity index (χ4v) is 5.99. The van der Waals surface area contributed by atoms with Crippen molar-refractivity contribution in [2.45, 2.75) is 55.9 Å². The summed E-state index contributed by atoms with van der Waals surface area (Å²) < 4.78 is 8.46. The molecule has 0 bridgehead atoms. The van der Waals surface area contributed by atoms with Crippen LogP contribution >= 0.6 is 0 Å². The van der Waals surface area contributed by atoms with E-state index in [1.54, 1.807) is 0 Å². The smallest absolute Gasteiger partial charge is 0.261 e. The fourth-order valence-electron chi connectivity index (χ4n) is 5.99. The Labute approximate surface area is 181 Å². The molecule has 1 saturated carbocycles. The lowest BCUT2D eigenvalue weighted by atomic mass is 9.80. The maximum Gasteiger partial charge on any atom is 0.261 e. The van der Waals surface area contributed by atoms with Crippen molar-refractivity contribution in [1.82, 2.24) is 14.5 Å². The van der Waals surface area contributed by atoms with Gasteiger partial charge in [-0.3, -0.25) is 4.79 Å². The molecule has 6 nitrogen and oxygen atoms in total. The first-order valence-corrected chi connectivity index (χ1v) is 11.5. The molecule has 158 valence electrons. The molecular weight excluding hydrogens is 388 g/mol. The molecule has 31 heavy (non-hydrogen) atoms. The van der Waals surface area contributed by atoms with Crippen LogP contribution in [-0.4, -0.2) is 45.3 Å². The molecule has 4 aliphatic rings. The Hall–Kier alpha value is -2.86. The van der Waals surface area contributed by atoms with E-state index in [1.165, 1.54) is 35.9 Å². The summed E-state index contributed by atoms with van der Waals surface area (Å²) >= 11 is 0. The zero-order chi connectivity index (χ0) is 20.6. The SMILES string of the molecule is O=C1N2[C@@H](CC[C@H]2c2ccccc2)OC12CN(c1ccc(C3CCC3)c3ccnn13)C2. The van der Waals surface area contributed by atoms with Crippen LogP contribution in [0.5, 0.6) is 0 Å². The number of hydrogen-bond acceptors (Lipinski definition) is 4. The van der Waals surface area contributed by atoms with Crippen LogP contribution in [0.15, 0.2) is 54.7 Å². The van der Waals surface area contributed by atoms with Gasteiger partial charge in [0.1, 0.15) is 12.0 Å². The molecule has 5 heterocycles. The summed E-state index contributed by atoms with van der Waals surface area (Å²) in [6.45, 7) is 1.19.